The number of hydrogen-bond donors (Lipinski definition) is 2. The first kappa shape index (κ1) is 12.9. The fourth-order valence-corrected chi connectivity index (χ4v) is 4.08. The molecule has 2 aliphatic heterocycles. The molecule has 0 spiro atoms. The minimum atomic E-state index is -0.392. The predicted molar refractivity (Wildman–Crippen MR) is 71.2 cm³/mol. The Morgan fingerprint density at radius 1 is 1.16 bits per heavy atom. The number of primary amides is 1. The van der Waals surface area contributed by atoms with Crippen molar-refractivity contribution in [2.24, 2.45) is 11.7 Å². The zero-order valence-corrected chi connectivity index (χ0v) is 11.3. The molecule has 3 atom stereocenters. The van der Waals surface area contributed by atoms with Crippen LogP contribution >= 0.6 is 0 Å². The lowest BCUT2D eigenvalue weighted by Crippen LogP contribution is -2.48. The second-order valence-corrected chi connectivity index (χ2v) is 6.26. The van der Waals surface area contributed by atoms with E-state index in [-0.39, 0.29) is 24.4 Å². The van der Waals surface area contributed by atoms with Crippen molar-refractivity contribution in [3.63, 3.8) is 0 Å². The molecule has 1 aliphatic carbocycles. The summed E-state index contributed by atoms with van der Waals surface area (Å²) in [5.41, 5.74) is 5.32. The number of rotatable bonds is 4. The number of nitrogens with zero attached hydrogens (tertiary/aromatic N) is 1. The second kappa shape index (κ2) is 5.12. The number of nitrogens with one attached hydrogen (secondary N) is 1. The maximum absolute atomic E-state index is 12.7. The van der Waals surface area contributed by atoms with E-state index in [2.05, 4.69) is 5.32 Å². The maximum atomic E-state index is 12.7. The van der Waals surface area contributed by atoms with Crippen molar-refractivity contribution in [3.05, 3.63) is 0 Å². The molecule has 5 heteroatoms. The summed E-state index contributed by atoms with van der Waals surface area (Å²) in [6.07, 6.45) is 7.57. The Balaban J connectivity index is 1.71. The number of fused-ring (bicyclic) bond motifs is 2. The Labute approximate surface area is 113 Å². The Kier molecular flexibility index (Phi) is 3.48. The van der Waals surface area contributed by atoms with Gasteiger partial charge in [0.1, 0.15) is 0 Å². The van der Waals surface area contributed by atoms with Crippen LogP contribution < -0.4 is 11.1 Å². The Morgan fingerprint density at radius 3 is 2.42 bits per heavy atom. The molecule has 19 heavy (non-hydrogen) atoms. The zero-order valence-electron chi connectivity index (χ0n) is 11.3. The van der Waals surface area contributed by atoms with Crippen LogP contribution in [0.25, 0.3) is 0 Å². The van der Waals surface area contributed by atoms with E-state index in [1.807, 2.05) is 0 Å². The summed E-state index contributed by atoms with van der Waals surface area (Å²) in [5.74, 6) is -0.166. The summed E-state index contributed by atoms with van der Waals surface area (Å²) >= 11 is 0. The van der Waals surface area contributed by atoms with Gasteiger partial charge in [-0.25, -0.2) is 0 Å². The van der Waals surface area contributed by atoms with Crippen LogP contribution in [-0.2, 0) is 9.59 Å². The fraction of sp³-hybridized carbons (Fsp3) is 0.857. The highest BCUT2D eigenvalue weighted by atomic mass is 16.2. The molecule has 3 rings (SSSR count). The molecule has 0 aromatic heterocycles. The van der Waals surface area contributed by atoms with E-state index in [4.69, 9.17) is 5.73 Å². The first-order valence-corrected chi connectivity index (χ1v) is 7.50. The molecule has 2 amide bonds. The van der Waals surface area contributed by atoms with Gasteiger partial charge >= 0.3 is 0 Å². The van der Waals surface area contributed by atoms with Gasteiger partial charge in [-0.2, -0.15) is 0 Å². The van der Waals surface area contributed by atoms with Crippen LogP contribution in [0.3, 0.4) is 0 Å². The minimum Gasteiger partial charge on any atom is -0.368 e. The second-order valence-electron chi connectivity index (χ2n) is 6.26. The molecule has 2 bridgehead atoms. The fourth-order valence-electron chi connectivity index (χ4n) is 4.08. The van der Waals surface area contributed by atoms with Crippen molar-refractivity contribution in [2.45, 2.75) is 63.1 Å². The van der Waals surface area contributed by atoms with E-state index >= 15 is 0 Å². The van der Waals surface area contributed by atoms with Crippen molar-refractivity contribution in [1.29, 1.82) is 0 Å². The SMILES string of the molecule is NC(=O)CN(C(=O)C1CC2CCC1N2)C1CCCC1. The number of carbonyl (C=O) groups excluding carboxylic acids is 2. The summed E-state index contributed by atoms with van der Waals surface area (Å²) < 4.78 is 0. The molecule has 3 aliphatic rings. The standard InChI is InChI=1S/C14H23N3O2/c15-13(18)8-17(10-3-1-2-4-10)14(19)11-7-9-5-6-12(11)16-9/h9-12,16H,1-8H2,(H2,15,18). The molecule has 2 heterocycles. The highest BCUT2D eigenvalue weighted by Gasteiger charge is 2.45. The average Bonchev–Trinajstić information content (AvgIpc) is 3.10. The Bertz CT molecular complexity index is 379. The third kappa shape index (κ3) is 2.48. The molecule has 0 aromatic rings. The average molecular weight is 265 g/mol. The van der Waals surface area contributed by atoms with Gasteiger partial charge in [-0.3, -0.25) is 9.59 Å². The van der Waals surface area contributed by atoms with Crippen molar-refractivity contribution in [3.8, 4) is 0 Å². The Hall–Kier alpha value is -1.10. The smallest absolute Gasteiger partial charge is 0.237 e. The third-order valence-corrected chi connectivity index (χ3v) is 4.99. The van der Waals surface area contributed by atoms with E-state index in [1.54, 1.807) is 4.90 Å². The van der Waals surface area contributed by atoms with Crippen LogP contribution in [0.2, 0.25) is 0 Å². The molecule has 3 fully saturated rings. The molecule has 3 unspecified atom stereocenters. The number of carbonyl (C=O) groups is 2. The molecule has 1 saturated carbocycles. The van der Waals surface area contributed by atoms with Gasteiger partial charge in [0.05, 0.1) is 12.5 Å². The summed E-state index contributed by atoms with van der Waals surface area (Å²) in [4.78, 5) is 25.8. The summed E-state index contributed by atoms with van der Waals surface area (Å²) in [5, 5.41) is 3.49. The predicted octanol–water partition coefficient (Wildman–Crippen LogP) is 0.383. The van der Waals surface area contributed by atoms with Crippen LogP contribution in [0.15, 0.2) is 0 Å². The van der Waals surface area contributed by atoms with Crippen LogP contribution in [0.4, 0.5) is 0 Å². The van der Waals surface area contributed by atoms with Gasteiger partial charge in [-0.1, -0.05) is 12.8 Å². The van der Waals surface area contributed by atoms with Crippen molar-refractivity contribution in [2.75, 3.05) is 6.54 Å². The largest absolute Gasteiger partial charge is 0.368 e. The molecule has 0 aromatic carbocycles. The molecule has 2 saturated heterocycles. The van der Waals surface area contributed by atoms with E-state index in [1.165, 1.54) is 6.42 Å². The first-order valence-electron chi connectivity index (χ1n) is 7.50. The van der Waals surface area contributed by atoms with Gasteiger partial charge < -0.3 is 16.0 Å². The highest BCUT2D eigenvalue weighted by molar-refractivity contribution is 5.86. The number of hydrogen-bond acceptors (Lipinski definition) is 3. The van der Waals surface area contributed by atoms with Crippen LogP contribution in [0, 0.1) is 5.92 Å². The molecular weight excluding hydrogens is 242 g/mol. The maximum Gasteiger partial charge on any atom is 0.237 e. The molecule has 3 N–H and O–H groups in total. The molecular formula is C14H23N3O2. The van der Waals surface area contributed by atoms with Gasteiger partial charge in [0.25, 0.3) is 0 Å². The van der Waals surface area contributed by atoms with Gasteiger partial charge in [0.15, 0.2) is 0 Å². The normalized spacial score (nSPS) is 33.8. The van der Waals surface area contributed by atoms with E-state index in [9.17, 15) is 9.59 Å². The molecule has 5 nitrogen and oxygen atoms in total. The van der Waals surface area contributed by atoms with Gasteiger partial charge in [-0.05, 0) is 32.1 Å². The monoisotopic (exact) mass is 265 g/mol. The summed E-state index contributed by atoms with van der Waals surface area (Å²) in [7, 11) is 0. The minimum absolute atomic E-state index is 0.0682. The van der Waals surface area contributed by atoms with E-state index in [0.717, 1.165) is 38.5 Å². The number of nitrogens with two attached hydrogens (primary N) is 1. The lowest BCUT2D eigenvalue weighted by atomic mass is 9.87. The zero-order chi connectivity index (χ0) is 13.4. The van der Waals surface area contributed by atoms with Gasteiger partial charge in [-0.15, -0.1) is 0 Å². The van der Waals surface area contributed by atoms with Crippen molar-refractivity contribution in [1.82, 2.24) is 10.2 Å². The van der Waals surface area contributed by atoms with Crippen molar-refractivity contribution < 1.29 is 9.59 Å². The topological polar surface area (TPSA) is 75.4 Å². The van der Waals surface area contributed by atoms with Crippen molar-refractivity contribution >= 4 is 11.8 Å². The highest BCUT2D eigenvalue weighted by Crippen LogP contribution is 2.35. The summed E-state index contributed by atoms with van der Waals surface area (Å²) in [6, 6.07) is 1.08. The van der Waals surface area contributed by atoms with E-state index < -0.39 is 5.91 Å². The first-order chi connectivity index (χ1) is 9.15. The molecule has 0 radical (unpaired) electrons. The van der Waals surface area contributed by atoms with E-state index in [0.29, 0.717) is 12.1 Å². The molecule has 106 valence electrons. The third-order valence-electron chi connectivity index (χ3n) is 4.99. The lowest BCUT2D eigenvalue weighted by molar-refractivity contribution is -0.141. The lowest BCUT2D eigenvalue weighted by Gasteiger charge is -2.32. The van der Waals surface area contributed by atoms with Gasteiger partial charge in [0, 0.05) is 18.1 Å². The van der Waals surface area contributed by atoms with Crippen LogP contribution in [-0.4, -0.2) is 41.4 Å². The number of amides is 2. The van der Waals surface area contributed by atoms with Gasteiger partial charge in [0.2, 0.25) is 11.8 Å². The summed E-state index contributed by atoms with van der Waals surface area (Å²) in [6.45, 7) is 0.0946. The Morgan fingerprint density at radius 2 is 1.89 bits per heavy atom. The van der Waals surface area contributed by atoms with Crippen LogP contribution in [0.5, 0.6) is 0 Å². The quantitative estimate of drug-likeness (QED) is 0.772. The van der Waals surface area contributed by atoms with Crippen LogP contribution in [0.1, 0.15) is 44.9 Å².